The second-order valence-corrected chi connectivity index (χ2v) is 8.98. The fourth-order valence-electron chi connectivity index (χ4n) is 2.94. The van der Waals surface area contributed by atoms with Crippen molar-refractivity contribution in [1.29, 1.82) is 0 Å². The molecule has 2 aromatic rings. The molecule has 1 unspecified atom stereocenters. The summed E-state index contributed by atoms with van der Waals surface area (Å²) in [6.07, 6.45) is 1.14. The van der Waals surface area contributed by atoms with Crippen LogP contribution in [-0.2, 0) is 14.8 Å². The normalized spacial score (nSPS) is 18.5. The summed E-state index contributed by atoms with van der Waals surface area (Å²) in [7, 11) is -3.64. The summed E-state index contributed by atoms with van der Waals surface area (Å²) in [5.41, 5.74) is 0.0845. The number of hydrogen-bond donors (Lipinski definition) is 1. The van der Waals surface area contributed by atoms with E-state index in [9.17, 15) is 17.6 Å². The maximum absolute atomic E-state index is 13.9. The van der Waals surface area contributed by atoms with Gasteiger partial charge < -0.3 is 5.32 Å². The average molecular weight is 441 g/mol. The van der Waals surface area contributed by atoms with E-state index in [1.165, 1.54) is 28.6 Å². The standard InChI is InChI=1S/C18H18BrFN2O3S/c19-14-8-9-17(16(20)11-14)21-18(23)13-5-4-10-22(12-13)26(24,25)15-6-2-1-3-7-15/h1-3,6-9,11,13H,4-5,10,12H2,(H,21,23). The minimum absolute atomic E-state index is 0.0845. The molecule has 0 aliphatic carbocycles. The van der Waals surface area contributed by atoms with E-state index in [0.717, 1.165) is 0 Å². The van der Waals surface area contributed by atoms with E-state index in [1.54, 1.807) is 24.3 Å². The molecule has 1 aliphatic rings. The van der Waals surface area contributed by atoms with Gasteiger partial charge in [-0.2, -0.15) is 4.31 Å². The molecule has 1 N–H and O–H groups in total. The first-order chi connectivity index (χ1) is 12.4. The number of rotatable bonds is 4. The Balaban J connectivity index is 1.73. The van der Waals surface area contributed by atoms with Crippen LogP contribution in [0, 0.1) is 11.7 Å². The molecule has 2 aromatic carbocycles. The first-order valence-corrected chi connectivity index (χ1v) is 10.4. The van der Waals surface area contributed by atoms with Gasteiger partial charge in [-0.15, -0.1) is 0 Å². The quantitative estimate of drug-likeness (QED) is 0.788. The largest absolute Gasteiger partial charge is 0.323 e. The number of amides is 1. The first-order valence-electron chi connectivity index (χ1n) is 8.19. The molecule has 5 nitrogen and oxygen atoms in total. The number of halogens is 2. The third-order valence-corrected chi connectivity index (χ3v) is 6.70. The molecule has 0 aromatic heterocycles. The molecular formula is C18H18BrFN2O3S. The number of carbonyl (C=O) groups is 1. The first kappa shape index (κ1) is 19.0. The number of nitrogens with one attached hydrogen (secondary N) is 1. The van der Waals surface area contributed by atoms with Crippen LogP contribution >= 0.6 is 15.9 Å². The SMILES string of the molecule is O=C(Nc1ccc(Br)cc1F)C1CCCN(S(=O)(=O)c2ccccc2)C1. The van der Waals surface area contributed by atoms with E-state index >= 15 is 0 Å². The minimum atomic E-state index is -3.64. The molecule has 0 saturated carbocycles. The number of sulfonamides is 1. The van der Waals surface area contributed by atoms with Gasteiger partial charge in [-0.25, -0.2) is 12.8 Å². The number of benzene rings is 2. The average Bonchev–Trinajstić information content (AvgIpc) is 2.65. The van der Waals surface area contributed by atoms with Gasteiger partial charge in [0, 0.05) is 17.6 Å². The van der Waals surface area contributed by atoms with Gasteiger partial charge in [0.2, 0.25) is 15.9 Å². The maximum Gasteiger partial charge on any atom is 0.243 e. The van der Waals surface area contributed by atoms with Crippen molar-refractivity contribution in [2.45, 2.75) is 17.7 Å². The van der Waals surface area contributed by atoms with Crippen LogP contribution < -0.4 is 5.32 Å². The summed E-state index contributed by atoms with van der Waals surface area (Å²) in [5.74, 6) is -1.44. The number of nitrogens with zero attached hydrogens (tertiary/aromatic N) is 1. The van der Waals surface area contributed by atoms with Crippen molar-refractivity contribution in [3.05, 3.63) is 58.8 Å². The van der Waals surface area contributed by atoms with E-state index < -0.39 is 21.8 Å². The fourth-order valence-corrected chi connectivity index (χ4v) is 4.82. The van der Waals surface area contributed by atoms with Crippen LogP contribution in [0.1, 0.15) is 12.8 Å². The highest BCUT2D eigenvalue weighted by Gasteiger charge is 2.33. The van der Waals surface area contributed by atoms with Crippen molar-refractivity contribution in [3.8, 4) is 0 Å². The number of piperidine rings is 1. The highest BCUT2D eigenvalue weighted by molar-refractivity contribution is 9.10. The molecule has 0 bridgehead atoms. The second kappa shape index (κ2) is 7.85. The van der Waals surface area contributed by atoms with E-state index in [0.29, 0.717) is 23.9 Å². The van der Waals surface area contributed by atoms with Gasteiger partial charge in [-0.3, -0.25) is 4.79 Å². The fraction of sp³-hybridized carbons (Fsp3) is 0.278. The van der Waals surface area contributed by atoms with Gasteiger partial charge in [0.05, 0.1) is 16.5 Å². The zero-order valence-corrected chi connectivity index (χ0v) is 16.3. The number of hydrogen-bond acceptors (Lipinski definition) is 3. The second-order valence-electron chi connectivity index (χ2n) is 6.13. The predicted octanol–water partition coefficient (Wildman–Crippen LogP) is 3.63. The van der Waals surface area contributed by atoms with Crippen molar-refractivity contribution >= 4 is 37.5 Å². The molecule has 8 heteroatoms. The molecule has 0 radical (unpaired) electrons. The Morgan fingerprint density at radius 2 is 1.92 bits per heavy atom. The summed E-state index contributed by atoms with van der Waals surface area (Å²) in [6, 6.07) is 12.5. The molecule has 1 atom stereocenters. The van der Waals surface area contributed by atoms with E-state index in [1.807, 2.05) is 0 Å². The lowest BCUT2D eigenvalue weighted by Crippen LogP contribution is -2.43. The third-order valence-electron chi connectivity index (χ3n) is 4.32. The minimum Gasteiger partial charge on any atom is -0.323 e. The van der Waals surface area contributed by atoms with Crippen molar-refractivity contribution < 1.29 is 17.6 Å². The zero-order chi connectivity index (χ0) is 18.7. The van der Waals surface area contributed by atoms with Gasteiger partial charge in [-0.1, -0.05) is 34.1 Å². The third kappa shape index (κ3) is 4.13. The molecule has 0 spiro atoms. The van der Waals surface area contributed by atoms with E-state index in [4.69, 9.17) is 0 Å². The molecule has 3 rings (SSSR count). The lowest BCUT2D eigenvalue weighted by molar-refractivity contribution is -0.120. The smallest absolute Gasteiger partial charge is 0.243 e. The van der Waals surface area contributed by atoms with Gasteiger partial charge >= 0.3 is 0 Å². The molecule has 1 fully saturated rings. The molecule has 1 amide bonds. The van der Waals surface area contributed by atoms with Gasteiger partial charge in [0.1, 0.15) is 5.82 Å². The number of carbonyl (C=O) groups excluding carboxylic acids is 1. The van der Waals surface area contributed by atoms with Crippen LogP contribution in [-0.4, -0.2) is 31.7 Å². The van der Waals surface area contributed by atoms with Crippen LogP contribution in [0.25, 0.3) is 0 Å². The Morgan fingerprint density at radius 1 is 1.19 bits per heavy atom. The lowest BCUT2D eigenvalue weighted by Gasteiger charge is -2.31. The Kier molecular flexibility index (Phi) is 5.74. The molecule has 1 saturated heterocycles. The Bertz CT molecular complexity index is 906. The van der Waals surface area contributed by atoms with Gasteiger partial charge in [-0.05, 0) is 43.2 Å². The van der Waals surface area contributed by atoms with Crippen molar-refractivity contribution in [1.82, 2.24) is 4.31 Å². The van der Waals surface area contributed by atoms with Crippen LogP contribution in [0.4, 0.5) is 10.1 Å². The molecule has 1 aliphatic heterocycles. The number of anilines is 1. The molecular weight excluding hydrogens is 423 g/mol. The van der Waals surface area contributed by atoms with E-state index in [-0.39, 0.29) is 23.0 Å². The molecule has 26 heavy (non-hydrogen) atoms. The van der Waals surface area contributed by atoms with Crippen molar-refractivity contribution in [2.75, 3.05) is 18.4 Å². The summed E-state index contributed by atoms with van der Waals surface area (Å²) < 4.78 is 41.3. The molecule has 1 heterocycles. The van der Waals surface area contributed by atoms with Crippen LogP contribution in [0.15, 0.2) is 57.9 Å². The summed E-state index contributed by atoms with van der Waals surface area (Å²) in [5, 5.41) is 2.56. The Hall–Kier alpha value is -1.77. The van der Waals surface area contributed by atoms with Gasteiger partial charge in [0.25, 0.3) is 0 Å². The zero-order valence-electron chi connectivity index (χ0n) is 13.9. The Morgan fingerprint density at radius 3 is 2.62 bits per heavy atom. The van der Waals surface area contributed by atoms with Crippen molar-refractivity contribution in [2.24, 2.45) is 5.92 Å². The van der Waals surface area contributed by atoms with Gasteiger partial charge in [0.15, 0.2) is 0 Å². The highest BCUT2D eigenvalue weighted by atomic mass is 79.9. The predicted molar refractivity (Wildman–Crippen MR) is 101 cm³/mol. The van der Waals surface area contributed by atoms with E-state index in [2.05, 4.69) is 21.2 Å². The summed E-state index contributed by atoms with van der Waals surface area (Å²) in [6.45, 7) is 0.453. The lowest BCUT2D eigenvalue weighted by atomic mass is 9.98. The van der Waals surface area contributed by atoms with Crippen LogP contribution in [0.5, 0.6) is 0 Å². The highest BCUT2D eigenvalue weighted by Crippen LogP contribution is 2.26. The van der Waals surface area contributed by atoms with Crippen LogP contribution in [0.2, 0.25) is 0 Å². The molecule has 138 valence electrons. The monoisotopic (exact) mass is 440 g/mol. The van der Waals surface area contributed by atoms with Crippen LogP contribution in [0.3, 0.4) is 0 Å². The topological polar surface area (TPSA) is 66.5 Å². The summed E-state index contributed by atoms with van der Waals surface area (Å²) >= 11 is 3.16. The van der Waals surface area contributed by atoms with Crippen molar-refractivity contribution in [3.63, 3.8) is 0 Å². The Labute approximate surface area is 160 Å². The summed E-state index contributed by atoms with van der Waals surface area (Å²) in [4.78, 5) is 12.7. The maximum atomic E-state index is 13.9.